The summed E-state index contributed by atoms with van der Waals surface area (Å²) in [5.74, 6) is -6.19. The summed E-state index contributed by atoms with van der Waals surface area (Å²) < 4.78 is 5.30. The van der Waals surface area contributed by atoms with Crippen LogP contribution < -0.4 is 0 Å². The summed E-state index contributed by atoms with van der Waals surface area (Å²) >= 11 is 0. The molecule has 1 aliphatic heterocycles. The fraction of sp³-hybridized carbons (Fsp3) is 0.250. The van der Waals surface area contributed by atoms with Crippen molar-refractivity contribution in [1.82, 2.24) is 0 Å². The normalized spacial score (nSPS) is 22.7. The Morgan fingerprint density at radius 1 is 0.739 bits per heavy atom. The molecular formula is C16H12O7. The van der Waals surface area contributed by atoms with Crippen molar-refractivity contribution in [3.63, 3.8) is 0 Å². The first-order chi connectivity index (χ1) is 10.7. The van der Waals surface area contributed by atoms with Gasteiger partial charge in [0.2, 0.25) is 23.1 Å². The first kappa shape index (κ1) is 15.0. The number of carbonyl (C=O) groups is 4. The van der Waals surface area contributed by atoms with Crippen molar-refractivity contribution in [3.05, 3.63) is 45.3 Å². The van der Waals surface area contributed by atoms with Gasteiger partial charge >= 0.3 is 0 Å². The third-order valence-electron chi connectivity index (χ3n) is 4.28. The zero-order valence-electron chi connectivity index (χ0n) is 12.5. The molecule has 0 spiro atoms. The molecule has 7 heteroatoms. The van der Waals surface area contributed by atoms with Crippen LogP contribution >= 0.6 is 0 Å². The summed E-state index contributed by atoms with van der Waals surface area (Å²) in [7, 11) is 0. The van der Waals surface area contributed by atoms with Crippen molar-refractivity contribution in [1.29, 1.82) is 0 Å². The number of aliphatic hydroxyl groups is 2. The molecule has 0 atom stereocenters. The number of aliphatic hydroxyl groups excluding tert-OH is 2. The third-order valence-corrected chi connectivity index (χ3v) is 4.28. The van der Waals surface area contributed by atoms with E-state index in [0.717, 1.165) is 0 Å². The van der Waals surface area contributed by atoms with Crippen LogP contribution in [0.1, 0.15) is 20.8 Å². The number of carbonyl (C=O) groups excluding carboxylic acids is 4. The second-order valence-corrected chi connectivity index (χ2v) is 5.57. The van der Waals surface area contributed by atoms with Crippen molar-refractivity contribution in [3.8, 4) is 0 Å². The van der Waals surface area contributed by atoms with Crippen molar-refractivity contribution in [2.75, 3.05) is 0 Å². The van der Waals surface area contributed by atoms with E-state index in [0.29, 0.717) is 0 Å². The molecule has 1 heterocycles. The van der Waals surface area contributed by atoms with Crippen molar-refractivity contribution >= 4 is 23.1 Å². The van der Waals surface area contributed by atoms with Crippen LogP contribution in [0.5, 0.6) is 0 Å². The summed E-state index contributed by atoms with van der Waals surface area (Å²) in [6.45, 7) is 3.97. The van der Waals surface area contributed by atoms with Gasteiger partial charge in [-0.1, -0.05) is 6.92 Å². The van der Waals surface area contributed by atoms with Crippen LogP contribution in [-0.2, 0) is 23.9 Å². The molecule has 0 aromatic rings. The molecule has 0 fully saturated rings. The van der Waals surface area contributed by atoms with Crippen LogP contribution in [0.3, 0.4) is 0 Å². The standard InChI is InChI=1S/C16H12O7/c1-4-7-13(21)9(17)5(2)11(19)15(7)23-16-8(4)14(22)10(18)6(3)12(16)20/h4,17-18H,1-3H3. The van der Waals surface area contributed by atoms with Crippen molar-refractivity contribution in [2.45, 2.75) is 20.8 Å². The lowest BCUT2D eigenvalue weighted by molar-refractivity contribution is -0.124. The lowest BCUT2D eigenvalue weighted by atomic mass is 9.77. The topological polar surface area (TPSA) is 118 Å². The smallest absolute Gasteiger partial charge is 0.228 e. The number of Topliss-reactive ketones (excluding diaryl/α,β-unsaturated/α-hetero) is 4. The Morgan fingerprint density at radius 2 is 1.09 bits per heavy atom. The SMILES string of the molecule is CC1=C(O)C(=O)C2=C(OC3=C(C(=O)C(O)=C(C)C3=O)C2C)C1=O. The van der Waals surface area contributed by atoms with E-state index in [1.807, 2.05) is 0 Å². The third kappa shape index (κ3) is 1.70. The van der Waals surface area contributed by atoms with Crippen molar-refractivity contribution < 1.29 is 34.1 Å². The summed E-state index contributed by atoms with van der Waals surface area (Å²) in [5.41, 5.74) is -0.750. The van der Waals surface area contributed by atoms with Crippen LogP contribution in [0.4, 0.5) is 0 Å². The summed E-state index contributed by atoms with van der Waals surface area (Å²) in [5, 5.41) is 19.5. The Hall–Kier alpha value is -2.96. The Kier molecular flexibility index (Phi) is 2.94. The maximum atomic E-state index is 12.2. The number of ether oxygens (including phenoxy) is 1. The highest BCUT2D eigenvalue weighted by Crippen LogP contribution is 2.42. The van der Waals surface area contributed by atoms with Crippen LogP contribution in [0.2, 0.25) is 0 Å². The quantitative estimate of drug-likeness (QED) is 0.643. The van der Waals surface area contributed by atoms with Gasteiger partial charge in [0.05, 0.1) is 11.1 Å². The maximum absolute atomic E-state index is 12.2. The lowest BCUT2D eigenvalue weighted by Gasteiger charge is -2.32. The van der Waals surface area contributed by atoms with Crippen LogP contribution in [0.25, 0.3) is 0 Å². The Bertz CT molecular complexity index is 791. The van der Waals surface area contributed by atoms with Crippen LogP contribution in [-0.4, -0.2) is 33.3 Å². The van der Waals surface area contributed by atoms with Gasteiger partial charge in [-0.15, -0.1) is 0 Å². The van der Waals surface area contributed by atoms with E-state index in [2.05, 4.69) is 0 Å². The fourth-order valence-corrected chi connectivity index (χ4v) is 2.84. The molecule has 0 aromatic carbocycles. The molecular weight excluding hydrogens is 304 g/mol. The van der Waals surface area contributed by atoms with Gasteiger partial charge in [-0.2, -0.15) is 0 Å². The molecule has 0 saturated heterocycles. The number of allylic oxidation sites excluding steroid dienone is 4. The molecule has 3 aliphatic rings. The Morgan fingerprint density at radius 3 is 1.43 bits per heavy atom. The zero-order valence-corrected chi connectivity index (χ0v) is 12.5. The van der Waals surface area contributed by atoms with E-state index in [9.17, 15) is 29.4 Å². The summed E-state index contributed by atoms with van der Waals surface area (Å²) in [6.07, 6.45) is 0. The number of hydrogen-bond acceptors (Lipinski definition) is 7. The molecule has 0 unspecified atom stereocenters. The van der Waals surface area contributed by atoms with Gasteiger partial charge in [0.1, 0.15) is 0 Å². The molecule has 0 aromatic heterocycles. The second-order valence-electron chi connectivity index (χ2n) is 5.57. The predicted octanol–water partition coefficient (Wildman–Crippen LogP) is 1.13. The van der Waals surface area contributed by atoms with Crippen LogP contribution in [0, 0.1) is 5.92 Å². The average molecular weight is 316 g/mol. The molecule has 0 bridgehead atoms. The maximum Gasteiger partial charge on any atom is 0.228 e. The molecule has 23 heavy (non-hydrogen) atoms. The number of ketones is 4. The number of rotatable bonds is 0. The molecule has 2 aliphatic carbocycles. The minimum Gasteiger partial charge on any atom is -0.504 e. The molecule has 118 valence electrons. The Labute approximate surface area is 130 Å². The van der Waals surface area contributed by atoms with E-state index in [1.54, 1.807) is 0 Å². The highest BCUT2D eigenvalue weighted by Gasteiger charge is 2.47. The summed E-state index contributed by atoms with van der Waals surface area (Å²) in [4.78, 5) is 49.0. The van der Waals surface area contributed by atoms with E-state index < -0.39 is 40.6 Å². The van der Waals surface area contributed by atoms with Gasteiger partial charge in [-0.05, 0) is 13.8 Å². The largest absolute Gasteiger partial charge is 0.504 e. The second kappa shape index (κ2) is 4.52. The molecule has 0 saturated carbocycles. The van der Waals surface area contributed by atoms with Gasteiger partial charge in [0, 0.05) is 17.1 Å². The minimum atomic E-state index is -0.966. The van der Waals surface area contributed by atoms with Crippen LogP contribution in [0.15, 0.2) is 45.3 Å². The average Bonchev–Trinajstić information content (AvgIpc) is 2.53. The van der Waals surface area contributed by atoms with E-state index in [4.69, 9.17) is 4.74 Å². The van der Waals surface area contributed by atoms with Gasteiger partial charge in [0.25, 0.3) is 0 Å². The highest BCUT2D eigenvalue weighted by atomic mass is 16.5. The summed E-state index contributed by atoms with van der Waals surface area (Å²) in [6, 6.07) is 0. The molecule has 0 amide bonds. The highest BCUT2D eigenvalue weighted by molar-refractivity contribution is 6.28. The number of hydrogen-bond donors (Lipinski definition) is 2. The van der Waals surface area contributed by atoms with Gasteiger partial charge in [0.15, 0.2) is 23.0 Å². The van der Waals surface area contributed by atoms with Crippen molar-refractivity contribution in [2.24, 2.45) is 5.92 Å². The minimum absolute atomic E-state index is 0.185. The predicted molar refractivity (Wildman–Crippen MR) is 75.0 cm³/mol. The van der Waals surface area contributed by atoms with Gasteiger partial charge in [-0.25, -0.2) is 0 Å². The molecule has 3 rings (SSSR count). The molecule has 7 nitrogen and oxygen atoms in total. The van der Waals surface area contributed by atoms with E-state index in [1.165, 1.54) is 20.8 Å². The van der Waals surface area contributed by atoms with Gasteiger partial charge < -0.3 is 14.9 Å². The molecule has 0 radical (unpaired) electrons. The monoisotopic (exact) mass is 316 g/mol. The molecule has 2 N–H and O–H groups in total. The van der Waals surface area contributed by atoms with E-state index in [-0.39, 0.29) is 33.8 Å². The Balaban J connectivity index is 2.19. The lowest BCUT2D eigenvalue weighted by Crippen LogP contribution is -2.37. The zero-order chi connectivity index (χ0) is 17.2. The van der Waals surface area contributed by atoms with Gasteiger partial charge in [-0.3, -0.25) is 19.2 Å². The first-order valence-corrected chi connectivity index (χ1v) is 6.83. The van der Waals surface area contributed by atoms with E-state index >= 15 is 0 Å². The first-order valence-electron chi connectivity index (χ1n) is 6.83. The fourth-order valence-electron chi connectivity index (χ4n) is 2.84.